The largest absolute Gasteiger partial charge is 0.308 e. The van der Waals surface area contributed by atoms with Gasteiger partial charge in [0.1, 0.15) is 0 Å². The van der Waals surface area contributed by atoms with Crippen molar-refractivity contribution in [2.24, 2.45) is 5.92 Å². The molecule has 2 rings (SSSR count). The van der Waals surface area contributed by atoms with Crippen LogP contribution in [0.5, 0.6) is 0 Å². The fraction of sp³-hybridized carbons (Fsp3) is 0.385. The second kappa shape index (κ2) is 4.38. The molecular formula is C13H13ClN2O. The Morgan fingerprint density at radius 3 is 2.82 bits per heavy atom. The first-order chi connectivity index (χ1) is 8.06. The first-order valence-corrected chi connectivity index (χ1v) is 5.91. The van der Waals surface area contributed by atoms with Gasteiger partial charge in [0.2, 0.25) is 5.91 Å². The van der Waals surface area contributed by atoms with Crippen molar-refractivity contribution in [1.29, 1.82) is 5.26 Å². The molecule has 1 saturated heterocycles. The maximum Gasteiger partial charge on any atom is 0.228 e. The number of nitriles is 1. The summed E-state index contributed by atoms with van der Waals surface area (Å²) in [6.07, 6.45) is 0.295. The Morgan fingerprint density at radius 1 is 1.53 bits per heavy atom. The second-order valence-electron chi connectivity index (χ2n) is 4.33. The molecule has 4 heteroatoms. The lowest BCUT2D eigenvalue weighted by Crippen LogP contribution is -2.33. The van der Waals surface area contributed by atoms with Crippen molar-refractivity contribution in [1.82, 2.24) is 0 Å². The van der Waals surface area contributed by atoms with E-state index in [1.54, 1.807) is 11.0 Å². The van der Waals surface area contributed by atoms with E-state index in [1.807, 2.05) is 26.0 Å². The summed E-state index contributed by atoms with van der Waals surface area (Å²) < 4.78 is 0. The first kappa shape index (κ1) is 11.9. The van der Waals surface area contributed by atoms with Gasteiger partial charge in [0.05, 0.1) is 18.0 Å². The van der Waals surface area contributed by atoms with E-state index in [2.05, 4.69) is 6.07 Å². The molecule has 1 amide bonds. The number of halogens is 1. The number of carbonyl (C=O) groups excluding carboxylic acids is 1. The molecule has 2 unspecified atom stereocenters. The van der Waals surface area contributed by atoms with Crippen LogP contribution in [0.1, 0.15) is 18.9 Å². The lowest BCUT2D eigenvalue weighted by molar-refractivity contribution is -0.117. The van der Waals surface area contributed by atoms with Gasteiger partial charge in [-0.15, -0.1) is 0 Å². The second-order valence-corrected chi connectivity index (χ2v) is 4.74. The number of anilines is 1. The highest BCUT2D eigenvalue weighted by Crippen LogP contribution is 2.34. The molecule has 1 aromatic rings. The highest BCUT2D eigenvalue weighted by molar-refractivity contribution is 6.31. The monoisotopic (exact) mass is 248 g/mol. The van der Waals surface area contributed by atoms with E-state index < -0.39 is 0 Å². The van der Waals surface area contributed by atoms with Crippen LogP contribution in [0.4, 0.5) is 5.69 Å². The molecule has 1 aromatic carbocycles. The smallest absolute Gasteiger partial charge is 0.228 e. The molecule has 2 atom stereocenters. The number of amides is 1. The Kier molecular flexibility index (Phi) is 3.08. The predicted octanol–water partition coefficient (Wildman–Crippen LogP) is 2.91. The molecule has 0 radical (unpaired) electrons. The first-order valence-electron chi connectivity index (χ1n) is 5.53. The fourth-order valence-electron chi connectivity index (χ4n) is 2.23. The topological polar surface area (TPSA) is 44.1 Å². The van der Waals surface area contributed by atoms with Gasteiger partial charge in [0, 0.05) is 17.1 Å². The minimum atomic E-state index is -0.235. The molecule has 0 spiro atoms. The van der Waals surface area contributed by atoms with Crippen molar-refractivity contribution in [3.05, 3.63) is 28.8 Å². The van der Waals surface area contributed by atoms with Crippen LogP contribution in [0, 0.1) is 24.2 Å². The van der Waals surface area contributed by atoms with E-state index in [-0.39, 0.29) is 17.9 Å². The van der Waals surface area contributed by atoms with Crippen molar-refractivity contribution in [2.45, 2.75) is 26.3 Å². The third-order valence-corrected chi connectivity index (χ3v) is 3.73. The van der Waals surface area contributed by atoms with Crippen molar-refractivity contribution in [3.8, 4) is 6.07 Å². The highest BCUT2D eigenvalue weighted by Gasteiger charge is 2.38. The molecule has 0 aliphatic carbocycles. The number of hydrogen-bond donors (Lipinski definition) is 0. The predicted molar refractivity (Wildman–Crippen MR) is 66.9 cm³/mol. The minimum Gasteiger partial charge on any atom is -0.308 e. The quantitative estimate of drug-likeness (QED) is 0.767. The van der Waals surface area contributed by atoms with Crippen LogP contribution < -0.4 is 4.90 Å². The standard InChI is InChI=1S/C13H13ClN2O/c1-8-11(14)4-3-5-12(8)16-9(2)10(7-15)6-13(16)17/h3-5,9-10H,6H2,1-2H3. The zero-order valence-electron chi connectivity index (χ0n) is 9.77. The Hall–Kier alpha value is -1.53. The van der Waals surface area contributed by atoms with Gasteiger partial charge in [-0.05, 0) is 31.5 Å². The van der Waals surface area contributed by atoms with Gasteiger partial charge in [-0.25, -0.2) is 0 Å². The summed E-state index contributed by atoms with van der Waals surface area (Å²) in [7, 11) is 0. The third-order valence-electron chi connectivity index (χ3n) is 3.32. The van der Waals surface area contributed by atoms with E-state index in [1.165, 1.54) is 0 Å². The van der Waals surface area contributed by atoms with Crippen molar-refractivity contribution in [3.63, 3.8) is 0 Å². The van der Waals surface area contributed by atoms with E-state index in [0.29, 0.717) is 11.4 Å². The lowest BCUT2D eigenvalue weighted by Gasteiger charge is -2.24. The zero-order chi connectivity index (χ0) is 12.6. The van der Waals surface area contributed by atoms with E-state index in [9.17, 15) is 4.79 Å². The summed E-state index contributed by atoms with van der Waals surface area (Å²) >= 11 is 6.05. The molecule has 1 aliphatic heterocycles. The lowest BCUT2D eigenvalue weighted by atomic mass is 10.0. The van der Waals surface area contributed by atoms with Gasteiger partial charge in [-0.2, -0.15) is 5.26 Å². The third kappa shape index (κ3) is 1.89. The Bertz CT molecular complexity index is 507. The molecule has 17 heavy (non-hydrogen) atoms. The van der Waals surface area contributed by atoms with Gasteiger partial charge in [0.15, 0.2) is 0 Å². The Balaban J connectivity index is 2.44. The molecule has 1 heterocycles. The molecule has 0 aromatic heterocycles. The molecule has 1 fully saturated rings. The van der Waals surface area contributed by atoms with E-state index in [0.717, 1.165) is 11.3 Å². The van der Waals surface area contributed by atoms with E-state index >= 15 is 0 Å². The summed E-state index contributed by atoms with van der Waals surface area (Å²) in [5.41, 5.74) is 1.70. The van der Waals surface area contributed by atoms with Crippen LogP contribution in [0.15, 0.2) is 18.2 Å². The zero-order valence-corrected chi connectivity index (χ0v) is 10.5. The summed E-state index contributed by atoms with van der Waals surface area (Å²) in [5.74, 6) is -0.240. The van der Waals surface area contributed by atoms with Gasteiger partial charge in [0.25, 0.3) is 0 Å². The van der Waals surface area contributed by atoms with Crippen molar-refractivity contribution < 1.29 is 4.79 Å². The van der Waals surface area contributed by atoms with Crippen molar-refractivity contribution >= 4 is 23.2 Å². The SMILES string of the molecule is Cc1c(Cl)cccc1N1C(=O)CC(C#N)C1C. The van der Waals surface area contributed by atoms with Crippen LogP contribution in [0.25, 0.3) is 0 Å². The van der Waals surface area contributed by atoms with Crippen LogP contribution in [0.3, 0.4) is 0 Å². The molecule has 1 aliphatic rings. The Morgan fingerprint density at radius 2 is 2.24 bits per heavy atom. The molecular weight excluding hydrogens is 236 g/mol. The van der Waals surface area contributed by atoms with Crippen molar-refractivity contribution in [2.75, 3.05) is 4.90 Å². The van der Waals surface area contributed by atoms with Crippen LogP contribution in [-0.2, 0) is 4.79 Å². The highest BCUT2D eigenvalue weighted by atomic mass is 35.5. The number of hydrogen-bond acceptors (Lipinski definition) is 2. The van der Waals surface area contributed by atoms with Gasteiger partial charge in [-0.1, -0.05) is 17.7 Å². The molecule has 3 nitrogen and oxygen atoms in total. The molecule has 88 valence electrons. The summed E-state index contributed by atoms with van der Waals surface area (Å²) in [5, 5.41) is 9.63. The maximum absolute atomic E-state index is 11.9. The van der Waals surface area contributed by atoms with Gasteiger partial charge < -0.3 is 4.90 Å². The number of carbonyl (C=O) groups is 1. The number of rotatable bonds is 1. The maximum atomic E-state index is 11.9. The Labute approximate surface area is 106 Å². The fourth-order valence-corrected chi connectivity index (χ4v) is 2.40. The van der Waals surface area contributed by atoms with Gasteiger partial charge in [-0.3, -0.25) is 4.79 Å². The van der Waals surface area contributed by atoms with E-state index in [4.69, 9.17) is 16.9 Å². The van der Waals surface area contributed by atoms with Crippen LogP contribution in [0.2, 0.25) is 5.02 Å². The van der Waals surface area contributed by atoms with Crippen LogP contribution >= 0.6 is 11.6 Å². The number of benzene rings is 1. The average Bonchev–Trinajstić information content (AvgIpc) is 2.58. The summed E-state index contributed by atoms with van der Waals surface area (Å²) in [6.45, 7) is 3.79. The summed E-state index contributed by atoms with van der Waals surface area (Å²) in [4.78, 5) is 13.6. The van der Waals surface area contributed by atoms with Crippen LogP contribution in [-0.4, -0.2) is 11.9 Å². The molecule has 0 bridgehead atoms. The average molecular weight is 249 g/mol. The molecule has 0 saturated carbocycles. The summed E-state index contributed by atoms with van der Waals surface area (Å²) in [6, 6.07) is 7.58. The normalized spacial score (nSPS) is 23.9. The number of nitrogens with zero attached hydrogens (tertiary/aromatic N) is 2. The van der Waals surface area contributed by atoms with Gasteiger partial charge >= 0.3 is 0 Å². The minimum absolute atomic E-state index is 0.00517. The molecule has 0 N–H and O–H groups in total.